The summed E-state index contributed by atoms with van der Waals surface area (Å²) in [4.78, 5) is 23.4. The molecule has 0 aliphatic carbocycles. The van der Waals surface area contributed by atoms with Gasteiger partial charge in [-0.2, -0.15) is 5.10 Å². The average Bonchev–Trinajstić information content (AvgIpc) is 3.13. The highest BCUT2D eigenvalue weighted by Crippen LogP contribution is 2.26. The number of para-hydroxylation sites is 1. The number of hydrogen-bond acceptors (Lipinski definition) is 6. The molecule has 8 nitrogen and oxygen atoms in total. The highest BCUT2D eigenvalue weighted by Gasteiger charge is 2.33. The third kappa shape index (κ3) is 4.55. The maximum atomic E-state index is 12.7. The predicted molar refractivity (Wildman–Crippen MR) is 126 cm³/mol. The molecule has 0 saturated carbocycles. The van der Waals surface area contributed by atoms with Gasteiger partial charge in [-0.15, -0.1) is 0 Å². The van der Waals surface area contributed by atoms with Gasteiger partial charge in [-0.3, -0.25) is 4.79 Å². The molecule has 2 aromatic heterocycles. The first-order chi connectivity index (χ1) is 16.0. The molecule has 1 N–H and O–H groups in total. The average molecular weight is 441 g/mol. The first kappa shape index (κ1) is 20.7. The van der Waals surface area contributed by atoms with Crippen LogP contribution in [0.2, 0.25) is 0 Å². The Morgan fingerprint density at radius 1 is 0.939 bits per heavy atom. The van der Waals surface area contributed by atoms with Gasteiger partial charge < -0.3 is 15.0 Å². The van der Waals surface area contributed by atoms with Crippen molar-refractivity contribution in [1.29, 1.82) is 0 Å². The van der Waals surface area contributed by atoms with E-state index in [1.165, 1.54) is 6.33 Å². The van der Waals surface area contributed by atoms with Crippen molar-refractivity contribution in [2.75, 3.05) is 23.3 Å². The van der Waals surface area contributed by atoms with Crippen LogP contribution in [0, 0.1) is 19.8 Å². The van der Waals surface area contributed by atoms with E-state index in [0.29, 0.717) is 13.1 Å². The molecule has 33 heavy (non-hydrogen) atoms. The summed E-state index contributed by atoms with van der Waals surface area (Å²) in [6.45, 7) is 5.16. The van der Waals surface area contributed by atoms with E-state index in [9.17, 15) is 4.79 Å². The number of benzene rings is 2. The van der Waals surface area contributed by atoms with Crippen molar-refractivity contribution >= 4 is 17.4 Å². The molecule has 8 heteroatoms. The Balaban J connectivity index is 1.17. The topological polar surface area (TPSA) is 85.2 Å². The number of carbonyl (C=O) groups excluding carboxylic acids is 1. The van der Waals surface area contributed by atoms with E-state index in [0.717, 1.165) is 40.2 Å². The SMILES string of the molecule is Cc1cc(C)n(-c2cc(N3CC(C(=O)Nc4ccc(Oc5ccccc5)cc4)C3)ncn2)n1. The number of carbonyl (C=O) groups is 1. The maximum absolute atomic E-state index is 12.7. The van der Waals surface area contributed by atoms with E-state index in [2.05, 4.69) is 25.3 Å². The van der Waals surface area contributed by atoms with Crippen LogP contribution in [0.1, 0.15) is 11.4 Å². The smallest absolute Gasteiger partial charge is 0.231 e. The quantitative estimate of drug-likeness (QED) is 0.485. The van der Waals surface area contributed by atoms with Gasteiger partial charge in [0.1, 0.15) is 23.6 Å². The zero-order valence-corrected chi connectivity index (χ0v) is 18.5. The lowest BCUT2D eigenvalue weighted by Crippen LogP contribution is -2.52. The number of aryl methyl sites for hydroxylation is 2. The van der Waals surface area contributed by atoms with Gasteiger partial charge in [0.05, 0.1) is 11.6 Å². The van der Waals surface area contributed by atoms with Crippen LogP contribution in [-0.2, 0) is 4.79 Å². The summed E-state index contributed by atoms with van der Waals surface area (Å²) in [6.07, 6.45) is 1.54. The minimum Gasteiger partial charge on any atom is -0.457 e. The van der Waals surface area contributed by atoms with Crippen LogP contribution < -0.4 is 15.0 Å². The normalized spacial score (nSPS) is 13.5. The van der Waals surface area contributed by atoms with Gasteiger partial charge in [0.25, 0.3) is 0 Å². The van der Waals surface area contributed by atoms with E-state index < -0.39 is 0 Å². The zero-order chi connectivity index (χ0) is 22.8. The Morgan fingerprint density at radius 3 is 2.33 bits per heavy atom. The fourth-order valence-corrected chi connectivity index (χ4v) is 3.79. The molecule has 0 atom stereocenters. The van der Waals surface area contributed by atoms with Crippen molar-refractivity contribution in [2.24, 2.45) is 5.92 Å². The lowest BCUT2D eigenvalue weighted by Gasteiger charge is -2.39. The molecule has 0 radical (unpaired) electrons. The molecule has 3 heterocycles. The van der Waals surface area contributed by atoms with Gasteiger partial charge in [-0.05, 0) is 56.3 Å². The molecular formula is C25H24N6O2. The fourth-order valence-electron chi connectivity index (χ4n) is 3.79. The Bertz CT molecular complexity index is 1260. The van der Waals surface area contributed by atoms with Crippen LogP contribution in [0.4, 0.5) is 11.5 Å². The number of aromatic nitrogens is 4. The lowest BCUT2D eigenvalue weighted by atomic mass is 9.99. The second-order valence-corrected chi connectivity index (χ2v) is 8.10. The van der Waals surface area contributed by atoms with Crippen molar-refractivity contribution in [3.63, 3.8) is 0 Å². The van der Waals surface area contributed by atoms with Crippen LogP contribution >= 0.6 is 0 Å². The molecule has 166 valence electrons. The number of nitrogens with one attached hydrogen (secondary N) is 1. The number of ether oxygens (including phenoxy) is 1. The molecular weight excluding hydrogens is 416 g/mol. The number of rotatable bonds is 6. The Hall–Kier alpha value is -4.20. The lowest BCUT2D eigenvalue weighted by molar-refractivity contribution is -0.120. The van der Waals surface area contributed by atoms with Gasteiger partial charge in [0.2, 0.25) is 5.91 Å². The molecule has 5 rings (SSSR count). The molecule has 0 spiro atoms. The van der Waals surface area contributed by atoms with Crippen LogP contribution in [0.15, 0.2) is 73.1 Å². The molecule has 1 aliphatic heterocycles. The van der Waals surface area contributed by atoms with E-state index >= 15 is 0 Å². The fraction of sp³-hybridized carbons (Fsp3) is 0.200. The van der Waals surface area contributed by atoms with Crippen molar-refractivity contribution in [1.82, 2.24) is 19.7 Å². The number of anilines is 2. The van der Waals surface area contributed by atoms with Crippen molar-refractivity contribution < 1.29 is 9.53 Å². The number of hydrogen-bond donors (Lipinski definition) is 1. The van der Waals surface area contributed by atoms with Gasteiger partial charge >= 0.3 is 0 Å². The van der Waals surface area contributed by atoms with Crippen molar-refractivity contribution in [3.8, 4) is 17.3 Å². The minimum atomic E-state index is -0.0997. The third-order valence-corrected chi connectivity index (χ3v) is 5.54. The molecule has 4 aromatic rings. The summed E-state index contributed by atoms with van der Waals surface area (Å²) < 4.78 is 7.60. The molecule has 2 aromatic carbocycles. The third-order valence-electron chi connectivity index (χ3n) is 5.54. The first-order valence-electron chi connectivity index (χ1n) is 10.8. The summed E-state index contributed by atoms with van der Waals surface area (Å²) in [7, 11) is 0. The van der Waals surface area contributed by atoms with Gasteiger partial charge in [-0.25, -0.2) is 14.6 Å². The van der Waals surface area contributed by atoms with Crippen LogP contribution in [-0.4, -0.2) is 38.7 Å². The zero-order valence-electron chi connectivity index (χ0n) is 18.5. The van der Waals surface area contributed by atoms with E-state index in [1.807, 2.05) is 80.6 Å². The van der Waals surface area contributed by atoms with Gasteiger partial charge in [-0.1, -0.05) is 18.2 Å². The summed E-state index contributed by atoms with van der Waals surface area (Å²) >= 11 is 0. The largest absolute Gasteiger partial charge is 0.457 e. The molecule has 0 bridgehead atoms. The van der Waals surface area contributed by atoms with Gasteiger partial charge in [0, 0.05) is 30.5 Å². The van der Waals surface area contributed by atoms with Crippen molar-refractivity contribution in [2.45, 2.75) is 13.8 Å². The second-order valence-electron chi connectivity index (χ2n) is 8.10. The Kier molecular flexibility index (Phi) is 5.48. The van der Waals surface area contributed by atoms with Crippen LogP contribution in [0.5, 0.6) is 11.5 Å². The summed E-state index contributed by atoms with van der Waals surface area (Å²) in [5, 5.41) is 7.47. The van der Waals surface area contributed by atoms with E-state index in [1.54, 1.807) is 4.68 Å². The van der Waals surface area contributed by atoms with E-state index in [-0.39, 0.29) is 11.8 Å². The van der Waals surface area contributed by atoms with Crippen LogP contribution in [0.25, 0.3) is 5.82 Å². The number of amides is 1. The predicted octanol–water partition coefficient (Wildman–Crippen LogP) is 4.15. The summed E-state index contributed by atoms with van der Waals surface area (Å²) in [5.74, 6) is 2.90. The number of nitrogens with zero attached hydrogens (tertiary/aromatic N) is 5. The second kappa shape index (κ2) is 8.74. The molecule has 0 unspecified atom stereocenters. The van der Waals surface area contributed by atoms with Crippen molar-refractivity contribution in [3.05, 3.63) is 84.4 Å². The molecule has 1 amide bonds. The molecule has 1 fully saturated rings. The maximum Gasteiger partial charge on any atom is 0.231 e. The van der Waals surface area contributed by atoms with Gasteiger partial charge in [0.15, 0.2) is 5.82 Å². The first-order valence-corrected chi connectivity index (χ1v) is 10.8. The Morgan fingerprint density at radius 2 is 1.64 bits per heavy atom. The Labute approximate surface area is 191 Å². The van der Waals surface area contributed by atoms with Crippen LogP contribution in [0.3, 0.4) is 0 Å². The molecule has 1 aliphatic rings. The standard InChI is InChI=1S/C25H24N6O2/c1-17-12-18(2)31(29-17)24-13-23(26-16-27-24)30-14-19(15-30)25(32)28-20-8-10-22(11-9-20)33-21-6-4-3-5-7-21/h3-13,16,19H,14-15H2,1-2H3,(H,28,32). The highest BCUT2D eigenvalue weighted by molar-refractivity contribution is 5.94. The molecule has 1 saturated heterocycles. The highest BCUT2D eigenvalue weighted by atomic mass is 16.5. The van der Waals surface area contributed by atoms with E-state index in [4.69, 9.17) is 4.74 Å². The summed E-state index contributed by atoms with van der Waals surface area (Å²) in [6, 6.07) is 20.9. The minimum absolute atomic E-state index is 0.00389. The summed E-state index contributed by atoms with van der Waals surface area (Å²) in [5.41, 5.74) is 2.69. The monoisotopic (exact) mass is 440 g/mol.